The van der Waals surface area contributed by atoms with Crippen molar-refractivity contribution in [2.24, 2.45) is 0 Å². The number of carbonyl (C=O) groups excluding carboxylic acids is 1. The highest BCUT2D eigenvalue weighted by atomic mass is 16.5. The standard InChI is InChI=1S/C10H15NO3/c1-3-9(12)8-4-5-11(6-8)7-10(13)14-2/h4-6,9,12H,3,7H2,1-2H3. The molecule has 1 rings (SSSR count). The lowest BCUT2D eigenvalue weighted by Gasteiger charge is -2.04. The van der Waals surface area contributed by atoms with Crippen LogP contribution in [0.4, 0.5) is 0 Å². The molecule has 78 valence electrons. The molecule has 0 spiro atoms. The number of aromatic nitrogens is 1. The van der Waals surface area contributed by atoms with Gasteiger partial charge in [0.1, 0.15) is 6.54 Å². The van der Waals surface area contributed by atoms with Crippen LogP contribution in [-0.4, -0.2) is 22.8 Å². The van der Waals surface area contributed by atoms with Crippen molar-refractivity contribution in [3.8, 4) is 0 Å². The van der Waals surface area contributed by atoms with Gasteiger partial charge in [-0.3, -0.25) is 4.79 Å². The van der Waals surface area contributed by atoms with Crippen molar-refractivity contribution in [1.82, 2.24) is 4.57 Å². The second-order valence-corrected chi connectivity index (χ2v) is 3.12. The molecule has 1 unspecified atom stereocenters. The Hall–Kier alpha value is -1.29. The summed E-state index contributed by atoms with van der Waals surface area (Å²) < 4.78 is 6.22. The lowest BCUT2D eigenvalue weighted by Crippen LogP contribution is -2.09. The van der Waals surface area contributed by atoms with Gasteiger partial charge in [-0.1, -0.05) is 6.92 Å². The van der Waals surface area contributed by atoms with Crippen molar-refractivity contribution < 1.29 is 14.6 Å². The van der Waals surface area contributed by atoms with E-state index in [9.17, 15) is 9.90 Å². The molecule has 0 amide bonds. The van der Waals surface area contributed by atoms with Gasteiger partial charge < -0.3 is 14.4 Å². The number of methoxy groups -OCH3 is 1. The predicted octanol–water partition coefficient (Wildman–Crippen LogP) is 1.10. The summed E-state index contributed by atoms with van der Waals surface area (Å²) in [6, 6.07) is 1.80. The van der Waals surface area contributed by atoms with Crippen LogP contribution in [0.5, 0.6) is 0 Å². The van der Waals surface area contributed by atoms with Gasteiger partial charge >= 0.3 is 5.97 Å². The maximum Gasteiger partial charge on any atom is 0.325 e. The van der Waals surface area contributed by atoms with Crippen LogP contribution < -0.4 is 0 Å². The van der Waals surface area contributed by atoms with Gasteiger partial charge in [-0.15, -0.1) is 0 Å². The van der Waals surface area contributed by atoms with Crippen LogP contribution in [0.1, 0.15) is 25.0 Å². The van der Waals surface area contributed by atoms with Crippen LogP contribution in [0, 0.1) is 0 Å². The molecule has 1 aromatic rings. The van der Waals surface area contributed by atoms with Crippen molar-refractivity contribution in [2.75, 3.05) is 7.11 Å². The maximum absolute atomic E-state index is 10.9. The number of rotatable bonds is 4. The monoisotopic (exact) mass is 197 g/mol. The lowest BCUT2D eigenvalue weighted by molar-refractivity contribution is -0.141. The van der Waals surface area contributed by atoms with Crippen molar-refractivity contribution in [1.29, 1.82) is 0 Å². The van der Waals surface area contributed by atoms with E-state index in [4.69, 9.17) is 0 Å². The van der Waals surface area contributed by atoms with E-state index in [-0.39, 0.29) is 12.5 Å². The Morgan fingerprint density at radius 1 is 1.71 bits per heavy atom. The van der Waals surface area contributed by atoms with Crippen LogP contribution in [0.25, 0.3) is 0 Å². The quantitative estimate of drug-likeness (QED) is 0.735. The van der Waals surface area contributed by atoms with Crippen LogP contribution in [0.15, 0.2) is 18.5 Å². The molecule has 0 aromatic carbocycles. The summed E-state index contributed by atoms with van der Waals surface area (Å²) in [6.07, 6.45) is 3.73. The fourth-order valence-corrected chi connectivity index (χ4v) is 1.20. The highest BCUT2D eigenvalue weighted by Crippen LogP contribution is 2.15. The summed E-state index contributed by atoms with van der Waals surface area (Å²) in [5, 5.41) is 9.50. The lowest BCUT2D eigenvalue weighted by atomic mass is 10.1. The minimum atomic E-state index is -0.450. The zero-order valence-corrected chi connectivity index (χ0v) is 8.43. The highest BCUT2D eigenvalue weighted by molar-refractivity contribution is 5.68. The van der Waals surface area contributed by atoms with Crippen LogP contribution in [0.3, 0.4) is 0 Å². The Kier molecular flexibility index (Phi) is 3.71. The van der Waals surface area contributed by atoms with Gasteiger partial charge in [0.2, 0.25) is 0 Å². The summed E-state index contributed by atoms with van der Waals surface area (Å²) in [7, 11) is 1.35. The third kappa shape index (κ3) is 2.60. The first-order chi connectivity index (χ1) is 6.67. The average Bonchev–Trinajstić information content (AvgIpc) is 2.65. The zero-order valence-electron chi connectivity index (χ0n) is 8.43. The third-order valence-electron chi connectivity index (χ3n) is 2.08. The van der Waals surface area contributed by atoms with Gasteiger partial charge in [0, 0.05) is 12.4 Å². The van der Waals surface area contributed by atoms with E-state index in [2.05, 4.69) is 4.74 Å². The van der Waals surface area contributed by atoms with E-state index in [1.165, 1.54) is 7.11 Å². The van der Waals surface area contributed by atoms with Gasteiger partial charge in [-0.25, -0.2) is 0 Å². The molecule has 4 nitrogen and oxygen atoms in total. The molecule has 0 bridgehead atoms. The minimum absolute atomic E-state index is 0.187. The summed E-state index contributed by atoms with van der Waals surface area (Å²) in [6.45, 7) is 2.09. The Bertz CT molecular complexity index is 306. The third-order valence-corrected chi connectivity index (χ3v) is 2.08. The number of hydrogen-bond acceptors (Lipinski definition) is 3. The Morgan fingerprint density at radius 2 is 2.43 bits per heavy atom. The molecule has 1 atom stereocenters. The van der Waals surface area contributed by atoms with Crippen LogP contribution in [-0.2, 0) is 16.1 Å². The van der Waals surface area contributed by atoms with E-state index in [1.54, 1.807) is 23.0 Å². The van der Waals surface area contributed by atoms with Crippen molar-refractivity contribution in [3.05, 3.63) is 24.0 Å². The summed E-state index contributed by atoms with van der Waals surface area (Å²) in [5.41, 5.74) is 0.830. The molecule has 0 saturated carbocycles. The van der Waals surface area contributed by atoms with Crippen molar-refractivity contribution >= 4 is 5.97 Å². The number of carbonyl (C=O) groups is 1. The molecule has 0 fully saturated rings. The number of nitrogens with zero attached hydrogens (tertiary/aromatic N) is 1. The van der Waals surface area contributed by atoms with Crippen LogP contribution in [0.2, 0.25) is 0 Å². The largest absolute Gasteiger partial charge is 0.468 e. The normalized spacial score (nSPS) is 12.5. The van der Waals surface area contributed by atoms with E-state index in [0.29, 0.717) is 6.42 Å². The number of ether oxygens (including phenoxy) is 1. The SMILES string of the molecule is CCC(O)c1ccn(CC(=O)OC)c1. The van der Waals surface area contributed by atoms with Crippen LogP contribution >= 0.6 is 0 Å². The van der Waals surface area contributed by atoms with Gasteiger partial charge in [0.15, 0.2) is 0 Å². The molecule has 1 heterocycles. The first-order valence-corrected chi connectivity index (χ1v) is 4.58. The van der Waals surface area contributed by atoms with Gasteiger partial charge in [-0.2, -0.15) is 0 Å². The molecule has 0 saturated heterocycles. The van der Waals surface area contributed by atoms with Gasteiger partial charge in [0.25, 0.3) is 0 Å². The van der Waals surface area contributed by atoms with E-state index in [1.807, 2.05) is 6.92 Å². The first kappa shape index (κ1) is 10.8. The maximum atomic E-state index is 10.9. The molecule has 0 aliphatic heterocycles. The highest BCUT2D eigenvalue weighted by Gasteiger charge is 2.07. The number of hydrogen-bond donors (Lipinski definition) is 1. The van der Waals surface area contributed by atoms with Crippen molar-refractivity contribution in [3.63, 3.8) is 0 Å². The Balaban J connectivity index is 2.63. The molecule has 0 aliphatic carbocycles. The fourth-order valence-electron chi connectivity index (χ4n) is 1.20. The minimum Gasteiger partial charge on any atom is -0.468 e. The first-order valence-electron chi connectivity index (χ1n) is 4.58. The number of aliphatic hydroxyl groups excluding tert-OH is 1. The Morgan fingerprint density at radius 3 is 3.00 bits per heavy atom. The predicted molar refractivity (Wildman–Crippen MR) is 51.7 cm³/mol. The smallest absolute Gasteiger partial charge is 0.325 e. The topological polar surface area (TPSA) is 51.5 Å². The van der Waals surface area contributed by atoms with E-state index in [0.717, 1.165) is 5.56 Å². The second-order valence-electron chi connectivity index (χ2n) is 3.12. The summed E-state index contributed by atoms with van der Waals surface area (Å²) in [5.74, 6) is -0.293. The fraction of sp³-hybridized carbons (Fsp3) is 0.500. The summed E-state index contributed by atoms with van der Waals surface area (Å²) in [4.78, 5) is 10.9. The zero-order chi connectivity index (χ0) is 10.6. The molecular formula is C10H15NO3. The molecule has 1 aromatic heterocycles. The average molecular weight is 197 g/mol. The number of esters is 1. The molecule has 0 radical (unpaired) electrons. The second kappa shape index (κ2) is 4.81. The molecule has 1 N–H and O–H groups in total. The molecular weight excluding hydrogens is 182 g/mol. The molecule has 4 heteroatoms. The summed E-state index contributed by atoms with van der Waals surface area (Å²) >= 11 is 0. The molecule has 0 aliphatic rings. The number of aliphatic hydroxyl groups is 1. The van der Waals surface area contributed by atoms with Gasteiger partial charge in [0.05, 0.1) is 13.2 Å². The Labute approximate surface area is 83.1 Å². The van der Waals surface area contributed by atoms with Gasteiger partial charge in [-0.05, 0) is 18.1 Å². The molecule has 14 heavy (non-hydrogen) atoms. The van der Waals surface area contributed by atoms with Crippen molar-refractivity contribution in [2.45, 2.75) is 26.0 Å². The van der Waals surface area contributed by atoms with E-state index < -0.39 is 6.10 Å². The van der Waals surface area contributed by atoms with E-state index >= 15 is 0 Å².